The third-order valence-corrected chi connectivity index (χ3v) is 3.98. The zero-order valence-corrected chi connectivity index (χ0v) is 11.7. The molecule has 0 aliphatic carbocycles. The maximum absolute atomic E-state index is 6.05. The Kier molecular flexibility index (Phi) is 5.29. The zero-order valence-electron chi connectivity index (χ0n) is 10.9. The van der Waals surface area contributed by atoms with Gasteiger partial charge in [-0.2, -0.15) is 0 Å². The lowest BCUT2D eigenvalue weighted by molar-refractivity contribution is 0.267. The van der Waals surface area contributed by atoms with E-state index in [2.05, 4.69) is 13.8 Å². The van der Waals surface area contributed by atoms with Crippen molar-refractivity contribution in [1.82, 2.24) is 0 Å². The Labute approximate surface area is 109 Å². The van der Waals surface area contributed by atoms with E-state index >= 15 is 0 Å². The van der Waals surface area contributed by atoms with Gasteiger partial charge in [-0.3, -0.25) is 0 Å². The van der Waals surface area contributed by atoms with Crippen LogP contribution >= 0.6 is 11.6 Å². The van der Waals surface area contributed by atoms with E-state index < -0.39 is 0 Å². The first-order chi connectivity index (χ1) is 8.10. The highest BCUT2D eigenvalue weighted by molar-refractivity contribution is 6.30. The summed E-state index contributed by atoms with van der Waals surface area (Å²) in [6.07, 6.45) is 3.05. The fourth-order valence-electron chi connectivity index (χ4n) is 2.15. The summed E-state index contributed by atoms with van der Waals surface area (Å²) in [5.74, 6) is 0.897. The molecule has 17 heavy (non-hydrogen) atoms. The van der Waals surface area contributed by atoms with Crippen molar-refractivity contribution in [3.05, 3.63) is 28.8 Å². The third-order valence-electron chi connectivity index (χ3n) is 3.74. The number of benzene rings is 1. The smallest absolute Gasteiger partial charge is 0.122 e. The highest BCUT2D eigenvalue weighted by Crippen LogP contribution is 2.34. The molecule has 0 unspecified atom stereocenters. The lowest BCUT2D eigenvalue weighted by Crippen LogP contribution is -2.31. The van der Waals surface area contributed by atoms with Crippen molar-refractivity contribution in [2.75, 3.05) is 13.7 Å². The predicted octanol–water partition coefficient (Wildman–Crippen LogP) is 3.66. The molecular weight excluding hydrogens is 234 g/mol. The SMILES string of the molecule is CCC(CC)(CN)Cc1cc(Cl)ccc1OC. The topological polar surface area (TPSA) is 35.2 Å². The molecule has 0 saturated carbocycles. The molecule has 0 aliphatic heterocycles. The summed E-state index contributed by atoms with van der Waals surface area (Å²) in [4.78, 5) is 0. The summed E-state index contributed by atoms with van der Waals surface area (Å²) in [6.45, 7) is 5.07. The molecule has 0 heterocycles. The summed E-state index contributed by atoms with van der Waals surface area (Å²) in [5.41, 5.74) is 7.23. The minimum atomic E-state index is 0.151. The van der Waals surface area contributed by atoms with Crippen molar-refractivity contribution in [1.29, 1.82) is 0 Å². The fraction of sp³-hybridized carbons (Fsp3) is 0.571. The van der Waals surface area contributed by atoms with Gasteiger partial charge in [0.15, 0.2) is 0 Å². The van der Waals surface area contributed by atoms with E-state index in [1.807, 2.05) is 18.2 Å². The number of methoxy groups -OCH3 is 1. The van der Waals surface area contributed by atoms with Crippen molar-refractivity contribution < 1.29 is 4.74 Å². The van der Waals surface area contributed by atoms with Crippen LogP contribution in [0, 0.1) is 5.41 Å². The zero-order chi connectivity index (χ0) is 12.9. The van der Waals surface area contributed by atoms with Gasteiger partial charge in [0.2, 0.25) is 0 Å². The maximum Gasteiger partial charge on any atom is 0.122 e. The molecule has 0 saturated heterocycles. The predicted molar refractivity (Wildman–Crippen MR) is 73.8 cm³/mol. The molecule has 2 N–H and O–H groups in total. The van der Waals surface area contributed by atoms with Crippen LogP contribution in [-0.4, -0.2) is 13.7 Å². The van der Waals surface area contributed by atoms with Crippen molar-refractivity contribution in [3.8, 4) is 5.75 Å². The number of rotatable bonds is 6. The van der Waals surface area contributed by atoms with E-state index in [1.165, 1.54) is 0 Å². The molecule has 96 valence electrons. The van der Waals surface area contributed by atoms with E-state index in [0.29, 0.717) is 6.54 Å². The first-order valence-electron chi connectivity index (χ1n) is 6.13. The van der Waals surface area contributed by atoms with Crippen molar-refractivity contribution in [2.24, 2.45) is 11.1 Å². The van der Waals surface area contributed by atoms with Crippen LogP contribution in [0.15, 0.2) is 18.2 Å². The normalized spacial score (nSPS) is 11.6. The second-order valence-electron chi connectivity index (χ2n) is 4.54. The van der Waals surface area contributed by atoms with Crippen molar-refractivity contribution in [2.45, 2.75) is 33.1 Å². The van der Waals surface area contributed by atoms with Crippen LogP contribution in [0.1, 0.15) is 32.3 Å². The van der Waals surface area contributed by atoms with Gasteiger partial charge >= 0.3 is 0 Å². The first kappa shape index (κ1) is 14.3. The molecule has 3 heteroatoms. The molecule has 0 radical (unpaired) electrons. The summed E-state index contributed by atoms with van der Waals surface area (Å²) in [7, 11) is 1.69. The molecule has 0 spiro atoms. The van der Waals surface area contributed by atoms with Crippen LogP contribution in [0.2, 0.25) is 5.02 Å². The van der Waals surface area contributed by atoms with Crippen LogP contribution in [0.4, 0.5) is 0 Å². The van der Waals surface area contributed by atoms with Gasteiger partial charge in [0.25, 0.3) is 0 Å². The molecule has 0 aromatic heterocycles. The van der Waals surface area contributed by atoms with Crippen LogP contribution in [0.5, 0.6) is 5.75 Å². The van der Waals surface area contributed by atoms with E-state index in [0.717, 1.165) is 35.6 Å². The van der Waals surface area contributed by atoms with E-state index in [9.17, 15) is 0 Å². The second kappa shape index (κ2) is 6.27. The van der Waals surface area contributed by atoms with Crippen molar-refractivity contribution >= 4 is 11.6 Å². The molecule has 0 amide bonds. The van der Waals surface area contributed by atoms with Gasteiger partial charge < -0.3 is 10.5 Å². The minimum absolute atomic E-state index is 0.151. The number of ether oxygens (including phenoxy) is 1. The van der Waals surface area contributed by atoms with E-state index in [4.69, 9.17) is 22.1 Å². The van der Waals surface area contributed by atoms with E-state index in [-0.39, 0.29) is 5.41 Å². The Morgan fingerprint density at radius 2 is 1.94 bits per heavy atom. The monoisotopic (exact) mass is 255 g/mol. The summed E-state index contributed by atoms with van der Waals surface area (Å²) >= 11 is 6.05. The van der Waals surface area contributed by atoms with Crippen LogP contribution in [-0.2, 0) is 6.42 Å². The summed E-state index contributed by atoms with van der Waals surface area (Å²) < 4.78 is 5.38. The van der Waals surface area contributed by atoms with E-state index in [1.54, 1.807) is 7.11 Å². The molecule has 2 nitrogen and oxygen atoms in total. The Hall–Kier alpha value is -0.730. The molecule has 0 bridgehead atoms. The largest absolute Gasteiger partial charge is 0.496 e. The summed E-state index contributed by atoms with van der Waals surface area (Å²) in [6, 6.07) is 5.76. The maximum atomic E-state index is 6.05. The molecule has 0 aliphatic rings. The Morgan fingerprint density at radius 3 is 2.41 bits per heavy atom. The lowest BCUT2D eigenvalue weighted by Gasteiger charge is -2.30. The Morgan fingerprint density at radius 1 is 1.29 bits per heavy atom. The standard InChI is InChI=1S/C14H22ClNO/c1-4-14(5-2,10-16)9-11-8-12(15)6-7-13(11)17-3/h6-8H,4-5,9-10,16H2,1-3H3. The lowest BCUT2D eigenvalue weighted by atomic mass is 9.77. The average molecular weight is 256 g/mol. The van der Waals surface area contributed by atoms with Gasteiger partial charge in [0.05, 0.1) is 7.11 Å². The van der Waals surface area contributed by atoms with Gasteiger partial charge in [-0.05, 0) is 55.0 Å². The molecule has 0 fully saturated rings. The quantitative estimate of drug-likeness (QED) is 0.842. The highest BCUT2D eigenvalue weighted by Gasteiger charge is 2.26. The molecular formula is C14H22ClNO. The third kappa shape index (κ3) is 3.36. The second-order valence-corrected chi connectivity index (χ2v) is 4.98. The highest BCUT2D eigenvalue weighted by atomic mass is 35.5. The number of hydrogen-bond donors (Lipinski definition) is 1. The fourth-order valence-corrected chi connectivity index (χ4v) is 2.34. The van der Waals surface area contributed by atoms with Crippen LogP contribution < -0.4 is 10.5 Å². The number of nitrogens with two attached hydrogens (primary N) is 1. The average Bonchev–Trinajstić information content (AvgIpc) is 2.36. The Bertz CT molecular complexity index is 353. The number of hydrogen-bond acceptors (Lipinski definition) is 2. The van der Waals surface area contributed by atoms with Gasteiger partial charge in [-0.1, -0.05) is 25.4 Å². The van der Waals surface area contributed by atoms with Crippen molar-refractivity contribution in [3.63, 3.8) is 0 Å². The number of halogens is 1. The van der Waals surface area contributed by atoms with Gasteiger partial charge in [-0.15, -0.1) is 0 Å². The molecule has 1 aromatic rings. The van der Waals surface area contributed by atoms with Gasteiger partial charge in [0.1, 0.15) is 5.75 Å². The van der Waals surface area contributed by atoms with Crippen LogP contribution in [0.25, 0.3) is 0 Å². The molecule has 1 rings (SSSR count). The first-order valence-corrected chi connectivity index (χ1v) is 6.51. The van der Waals surface area contributed by atoms with Crippen LogP contribution in [0.3, 0.4) is 0 Å². The minimum Gasteiger partial charge on any atom is -0.496 e. The summed E-state index contributed by atoms with van der Waals surface area (Å²) in [5, 5.41) is 0.749. The van der Waals surface area contributed by atoms with Gasteiger partial charge in [-0.25, -0.2) is 0 Å². The molecule has 1 aromatic carbocycles. The molecule has 0 atom stereocenters. The Balaban J connectivity index is 3.03. The van der Waals surface area contributed by atoms with Gasteiger partial charge in [0, 0.05) is 5.02 Å².